The molecule has 0 saturated heterocycles. The van der Waals surface area contributed by atoms with Crippen molar-refractivity contribution in [3.05, 3.63) is 136 Å². The van der Waals surface area contributed by atoms with Crippen molar-refractivity contribution in [3.63, 3.8) is 0 Å². The van der Waals surface area contributed by atoms with Gasteiger partial charge in [-0.3, -0.25) is 0 Å². The van der Waals surface area contributed by atoms with Gasteiger partial charge in [0.15, 0.2) is 0 Å². The second-order valence-electron chi connectivity index (χ2n) is 11.1. The molecular formula is C34H26. The fourth-order valence-electron chi connectivity index (χ4n) is 9.14. The average molecular weight is 435 g/mol. The van der Waals surface area contributed by atoms with Crippen LogP contribution in [0.4, 0.5) is 0 Å². The van der Waals surface area contributed by atoms with E-state index in [0.29, 0.717) is 17.8 Å². The summed E-state index contributed by atoms with van der Waals surface area (Å²) in [5, 5.41) is 0. The van der Waals surface area contributed by atoms with Gasteiger partial charge in [-0.2, -0.15) is 0 Å². The number of hydrogen-bond acceptors (Lipinski definition) is 0. The van der Waals surface area contributed by atoms with Crippen molar-refractivity contribution in [1.82, 2.24) is 0 Å². The molecule has 1 saturated carbocycles. The summed E-state index contributed by atoms with van der Waals surface area (Å²) >= 11 is 0. The van der Waals surface area contributed by atoms with Crippen LogP contribution in [0.1, 0.15) is 62.8 Å². The van der Waals surface area contributed by atoms with Gasteiger partial charge in [-0.15, -0.1) is 0 Å². The first kappa shape index (κ1) is 18.0. The van der Waals surface area contributed by atoms with E-state index in [1.54, 1.807) is 38.9 Å². The zero-order chi connectivity index (χ0) is 22.0. The lowest BCUT2D eigenvalue weighted by Crippen LogP contribution is -2.49. The summed E-state index contributed by atoms with van der Waals surface area (Å²) < 4.78 is 0. The second-order valence-corrected chi connectivity index (χ2v) is 11.1. The van der Waals surface area contributed by atoms with Crippen LogP contribution in [0.5, 0.6) is 0 Å². The summed E-state index contributed by atoms with van der Waals surface area (Å²) in [5.74, 6) is 2.67. The van der Waals surface area contributed by atoms with Gasteiger partial charge in [0.25, 0.3) is 0 Å². The van der Waals surface area contributed by atoms with Gasteiger partial charge in [0.2, 0.25) is 0 Å². The molecular weight excluding hydrogens is 408 g/mol. The molecule has 1 spiro atoms. The molecule has 0 radical (unpaired) electrons. The van der Waals surface area contributed by atoms with Gasteiger partial charge < -0.3 is 0 Å². The SMILES string of the molecule is C1=Cc2ccc3c(c2CC1)C1(c2ccccc2-3)c2ccccc2C2[C@@H]1[C@H]1Cc3ccccc3[C@@H]21. The normalized spacial score (nSPS) is 30.0. The molecule has 0 aromatic heterocycles. The predicted molar refractivity (Wildman–Crippen MR) is 138 cm³/mol. The average Bonchev–Trinajstić information content (AvgIpc) is 3.45. The summed E-state index contributed by atoms with van der Waals surface area (Å²) in [6, 6.07) is 33.1. The van der Waals surface area contributed by atoms with Crippen molar-refractivity contribution in [3.8, 4) is 11.1 Å². The van der Waals surface area contributed by atoms with E-state index >= 15 is 0 Å². The van der Waals surface area contributed by atoms with Crippen LogP contribution in [0.25, 0.3) is 17.2 Å². The Labute approximate surface area is 201 Å². The highest BCUT2D eigenvalue weighted by atomic mass is 14.7. The topological polar surface area (TPSA) is 0 Å². The summed E-state index contributed by atoms with van der Waals surface area (Å²) in [6.07, 6.45) is 8.30. The fraction of sp³-hybridized carbons (Fsp3) is 0.235. The van der Waals surface area contributed by atoms with E-state index in [9.17, 15) is 0 Å². The minimum Gasteiger partial charge on any atom is -0.0836 e. The van der Waals surface area contributed by atoms with E-state index in [-0.39, 0.29) is 5.41 Å². The number of benzene rings is 4. The second kappa shape index (κ2) is 5.99. The highest BCUT2D eigenvalue weighted by Gasteiger charge is 2.70. The van der Waals surface area contributed by atoms with Crippen LogP contribution in [0.15, 0.2) is 91.0 Å². The molecule has 0 nitrogen and oxygen atoms in total. The van der Waals surface area contributed by atoms with Crippen LogP contribution in [0.2, 0.25) is 0 Å². The number of rotatable bonds is 0. The zero-order valence-corrected chi connectivity index (χ0v) is 19.2. The Kier molecular flexibility index (Phi) is 3.18. The molecule has 5 aliphatic rings. The molecule has 5 atom stereocenters. The van der Waals surface area contributed by atoms with Crippen LogP contribution >= 0.6 is 0 Å². The lowest BCUT2D eigenvalue weighted by atomic mass is 9.49. The van der Waals surface area contributed by atoms with Crippen LogP contribution in [0, 0.1) is 11.8 Å². The number of fused-ring (bicyclic) bond motifs is 17. The molecule has 0 heterocycles. The molecule has 0 aliphatic heterocycles. The van der Waals surface area contributed by atoms with Crippen molar-refractivity contribution in [2.24, 2.45) is 11.8 Å². The number of hydrogen-bond donors (Lipinski definition) is 0. The monoisotopic (exact) mass is 434 g/mol. The molecule has 34 heavy (non-hydrogen) atoms. The Morgan fingerprint density at radius 3 is 2.41 bits per heavy atom. The zero-order valence-electron chi connectivity index (χ0n) is 19.2. The van der Waals surface area contributed by atoms with E-state index in [1.165, 1.54) is 29.5 Å². The molecule has 9 rings (SSSR count). The van der Waals surface area contributed by atoms with E-state index < -0.39 is 0 Å². The third kappa shape index (κ3) is 1.82. The first-order chi connectivity index (χ1) is 16.9. The van der Waals surface area contributed by atoms with Crippen molar-refractivity contribution in [1.29, 1.82) is 0 Å². The molecule has 0 heteroatoms. The maximum atomic E-state index is 2.49. The molecule has 4 aromatic carbocycles. The van der Waals surface area contributed by atoms with Crippen LogP contribution < -0.4 is 0 Å². The predicted octanol–water partition coefficient (Wildman–Crippen LogP) is 7.64. The Morgan fingerprint density at radius 2 is 1.47 bits per heavy atom. The van der Waals surface area contributed by atoms with Crippen LogP contribution in [0.3, 0.4) is 0 Å². The largest absolute Gasteiger partial charge is 0.0836 e. The third-order valence-corrected chi connectivity index (χ3v) is 10.1. The van der Waals surface area contributed by atoms with E-state index in [1.807, 2.05) is 0 Å². The Bertz CT molecular complexity index is 1570. The minimum absolute atomic E-state index is 0.00702. The molecule has 0 amide bonds. The van der Waals surface area contributed by atoms with E-state index in [4.69, 9.17) is 0 Å². The summed E-state index contributed by atoms with van der Waals surface area (Å²) in [7, 11) is 0. The van der Waals surface area contributed by atoms with Crippen molar-refractivity contribution < 1.29 is 0 Å². The van der Waals surface area contributed by atoms with Gasteiger partial charge in [-0.25, -0.2) is 0 Å². The summed E-state index contributed by atoms with van der Waals surface area (Å²) in [4.78, 5) is 0. The van der Waals surface area contributed by atoms with Crippen molar-refractivity contribution in [2.45, 2.75) is 36.5 Å². The summed E-state index contributed by atoms with van der Waals surface area (Å²) in [6.45, 7) is 0. The fourth-order valence-corrected chi connectivity index (χ4v) is 9.14. The first-order valence-corrected chi connectivity index (χ1v) is 13.0. The van der Waals surface area contributed by atoms with Gasteiger partial charge in [0.1, 0.15) is 0 Å². The molecule has 1 fully saturated rings. The van der Waals surface area contributed by atoms with Gasteiger partial charge in [0.05, 0.1) is 5.41 Å². The molecule has 0 N–H and O–H groups in total. The molecule has 162 valence electrons. The van der Waals surface area contributed by atoms with E-state index in [2.05, 4.69) is 97.1 Å². The van der Waals surface area contributed by atoms with Gasteiger partial charge in [-0.1, -0.05) is 97.1 Å². The smallest absolute Gasteiger partial charge is 0.0506 e. The molecule has 4 aromatic rings. The van der Waals surface area contributed by atoms with E-state index in [0.717, 1.165) is 12.3 Å². The van der Waals surface area contributed by atoms with Gasteiger partial charge in [-0.05, 0) is 98.6 Å². The Balaban J connectivity index is 1.41. The van der Waals surface area contributed by atoms with Gasteiger partial charge in [0, 0.05) is 0 Å². The van der Waals surface area contributed by atoms with Crippen LogP contribution in [-0.2, 0) is 18.3 Å². The minimum atomic E-state index is -0.00702. The standard InChI is InChI=1S/C34H26/c1-4-12-23-20(9-1)17-18-25-24-13-5-7-15-28(24)34(32(23)25)29-16-8-6-14-26(29)31-30-22-11-3-2-10-21(22)19-27(30)33(31)34/h1-3,5-11,13-18,27,30-31,33H,4,12,19H2/t27-,30+,31?,33-,34?/m0/s1. The number of allylic oxidation sites excluding steroid dienone is 1. The molecule has 0 bridgehead atoms. The quantitative estimate of drug-likeness (QED) is 0.267. The highest BCUT2D eigenvalue weighted by molar-refractivity contribution is 5.88. The molecule has 5 aliphatic carbocycles. The summed E-state index contributed by atoms with van der Waals surface area (Å²) in [5.41, 5.74) is 15.7. The van der Waals surface area contributed by atoms with Crippen molar-refractivity contribution >= 4 is 6.08 Å². The van der Waals surface area contributed by atoms with Crippen molar-refractivity contribution in [2.75, 3.05) is 0 Å². The maximum Gasteiger partial charge on any atom is 0.0506 e. The Hall–Kier alpha value is -3.38. The molecule has 2 unspecified atom stereocenters. The lowest BCUT2D eigenvalue weighted by Gasteiger charge is -2.53. The third-order valence-electron chi connectivity index (χ3n) is 10.1. The highest BCUT2D eigenvalue weighted by Crippen LogP contribution is 2.77. The first-order valence-electron chi connectivity index (χ1n) is 13.0. The Morgan fingerprint density at radius 1 is 0.676 bits per heavy atom. The van der Waals surface area contributed by atoms with Crippen LogP contribution in [-0.4, -0.2) is 0 Å². The lowest BCUT2D eigenvalue weighted by molar-refractivity contribution is 0.0817. The van der Waals surface area contributed by atoms with Gasteiger partial charge >= 0.3 is 0 Å². The maximum absolute atomic E-state index is 2.49.